The third kappa shape index (κ3) is 41.2. The van der Waals surface area contributed by atoms with Gasteiger partial charge in [0.25, 0.3) is 0 Å². The molecule has 0 aliphatic heterocycles. The summed E-state index contributed by atoms with van der Waals surface area (Å²) in [4.78, 5) is 66.8. The average Bonchev–Trinajstić information content (AvgIpc) is 3.45. The third-order valence-corrected chi connectivity index (χ3v) is 14.9. The van der Waals surface area contributed by atoms with Crippen LogP contribution < -0.4 is 21.3 Å². The van der Waals surface area contributed by atoms with Gasteiger partial charge in [0.2, 0.25) is 17.7 Å². The van der Waals surface area contributed by atoms with E-state index in [1.807, 2.05) is 60.7 Å². The van der Waals surface area contributed by atoms with Crippen LogP contribution in [0.2, 0.25) is 0 Å². The molecule has 0 saturated carbocycles. The predicted molar refractivity (Wildman–Crippen MR) is 321 cm³/mol. The van der Waals surface area contributed by atoms with Gasteiger partial charge < -0.3 is 40.6 Å². The van der Waals surface area contributed by atoms with Gasteiger partial charge in [-0.2, -0.15) is 0 Å². The van der Waals surface area contributed by atoms with E-state index in [0.717, 1.165) is 68.9 Å². The van der Waals surface area contributed by atoms with Crippen LogP contribution in [0.15, 0.2) is 60.7 Å². The lowest BCUT2D eigenvalue weighted by Crippen LogP contribution is -2.48. The maximum absolute atomic E-state index is 13.9. The number of ether oxygens (including phenoxy) is 3. The summed E-state index contributed by atoms with van der Waals surface area (Å²) in [5.74, 6) is -1.15. The largest absolute Gasteiger partial charge is 0.462 e. The molecule has 0 unspecified atom stereocenters. The van der Waals surface area contributed by atoms with Gasteiger partial charge in [-0.25, -0.2) is 4.79 Å². The summed E-state index contributed by atoms with van der Waals surface area (Å²) in [6.45, 7) is 7.63. The number of benzene rings is 2. The number of rotatable bonds is 53. The molecule has 5 N–H and O–H groups in total. The van der Waals surface area contributed by atoms with Crippen molar-refractivity contribution >= 4 is 29.8 Å². The van der Waals surface area contributed by atoms with Crippen molar-refractivity contribution in [3.05, 3.63) is 71.8 Å². The topological polar surface area (TPSA) is 181 Å². The monoisotopic (exact) mass is 1100 g/mol. The summed E-state index contributed by atoms with van der Waals surface area (Å²) in [5.41, 5.74) is 1.94. The van der Waals surface area contributed by atoms with E-state index in [-0.39, 0.29) is 62.4 Å². The Morgan fingerprint density at radius 2 is 0.899 bits per heavy atom. The van der Waals surface area contributed by atoms with Gasteiger partial charge >= 0.3 is 12.1 Å². The van der Waals surface area contributed by atoms with E-state index in [2.05, 4.69) is 42.0 Å². The molecular formula is C66H112N4O9. The van der Waals surface area contributed by atoms with Gasteiger partial charge in [0.1, 0.15) is 18.8 Å². The van der Waals surface area contributed by atoms with Crippen molar-refractivity contribution < 1.29 is 43.3 Å². The molecule has 0 bridgehead atoms. The minimum absolute atomic E-state index is 0.0334. The lowest BCUT2D eigenvalue weighted by molar-refractivity contribution is -0.151. The first-order valence-corrected chi connectivity index (χ1v) is 31.9. The zero-order valence-corrected chi connectivity index (χ0v) is 50.0. The molecule has 2 aromatic carbocycles. The highest BCUT2D eigenvalue weighted by Gasteiger charge is 2.25. The number of hydrogen-bond acceptors (Lipinski definition) is 9. The molecule has 2 aromatic rings. The molecule has 0 heterocycles. The van der Waals surface area contributed by atoms with Gasteiger partial charge in [0.15, 0.2) is 0 Å². The number of carbonyl (C=O) groups is 5. The SMILES string of the molecule is CCCCCCCCCCCC(=O)O[C@H](CCCCCCCCCCC)CC(=O)N[C@@H](CCCCNC(=O)OCc1ccccc1)C(=O)NCCC[C@H](CO)NC(=O)C[C@@H](CCCCCCCCCCC)OCc1ccccc1. The minimum Gasteiger partial charge on any atom is -0.462 e. The molecule has 0 aliphatic rings. The number of aliphatic hydroxyl groups is 1. The van der Waals surface area contributed by atoms with E-state index < -0.39 is 24.3 Å². The van der Waals surface area contributed by atoms with E-state index >= 15 is 0 Å². The summed E-state index contributed by atoms with van der Waals surface area (Å²) in [5, 5.41) is 22.1. The van der Waals surface area contributed by atoms with Crippen molar-refractivity contribution in [1.29, 1.82) is 0 Å². The van der Waals surface area contributed by atoms with E-state index in [0.29, 0.717) is 58.1 Å². The van der Waals surface area contributed by atoms with Crippen LogP contribution in [0.25, 0.3) is 0 Å². The summed E-state index contributed by atoms with van der Waals surface area (Å²) in [7, 11) is 0. The van der Waals surface area contributed by atoms with Gasteiger partial charge in [-0.15, -0.1) is 0 Å². The number of unbranched alkanes of at least 4 members (excludes halogenated alkanes) is 25. The second kappa shape index (κ2) is 50.5. The van der Waals surface area contributed by atoms with Crippen LogP contribution >= 0.6 is 0 Å². The van der Waals surface area contributed by atoms with Gasteiger partial charge in [-0.3, -0.25) is 19.2 Å². The Kier molecular flexibility index (Phi) is 45.1. The summed E-state index contributed by atoms with van der Waals surface area (Å²) < 4.78 is 17.7. The van der Waals surface area contributed by atoms with Crippen LogP contribution in [-0.4, -0.2) is 78.9 Å². The van der Waals surface area contributed by atoms with Crippen LogP contribution in [0.5, 0.6) is 0 Å². The van der Waals surface area contributed by atoms with Crippen molar-refractivity contribution in [2.75, 3.05) is 19.7 Å². The Bertz CT molecular complexity index is 1790. The maximum Gasteiger partial charge on any atom is 0.407 e. The standard InChI is InChI=1S/C66H112N4O9/c1-4-7-10-13-16-19-22-25-34-45-59(77-54-56-40-30-28-31-41-56)51-62(72)69-58(53-71)44-39-50-67-65(75)61(47-37-38-49-68-66(76)78-55-57-42-32-29-33-43-57)70-63(73)52-60(46-35-26-23-20-17-14-11-8-5-2)79-64(74)48-36-27-24-21-18-15-12-9-6-3/h28-33,40-43,58-61,71H,4-27,34-39,44-55H2,1-3H3,(H,67,75)(H,68,76)(H,69,72)(H,70,73)/t58-,59-,60-,61+/m1/s1. The highest BCUT2D eigenvalue weighted by atomic mass is 16.5. The van der Waals surface area contributed by atoms with Gasteiger partial charge in [-0.1, -0.05) is 242 Å². The fourth-order valence-corrected chi connectivity index (χ4v) is 9.98. The lowest BCUT2D eigenvalue weighted by Gasteiger charge is -2.22. The zero-order chi connectivity index (χ0) is 57.1. The number of aliphatic hydroxyl groups excluding tert-OH is 1. The molecule has 0 aliphatic carbocycles. The van der Waals surface area contributed by atoms with Crippen LogP contribution in [0, 0.1) is 0 Å². The molecule has 13 heteroatoms. The van der Waals surface area contributed by atoms with Crippen LogP contribution in [0.1, 0.15) is 269 Å². The van der Waals surface area contributed by atoms with E-state index in [4.69, 9.17) is 14.2 Å². The first-order valence-electron chi connectivity index (χ1n) is 31.9. The number of hydrogen-bond donors (Lipinski definition) is 5. The summed E-state index contributed by atoms with van der Waals surface area (Å²) in [6.07, 6.45) is 34.5. The molecule has 0 saturated heterocycles. The molecule has 4 atom stereocenters. The number of amides is 4. The molecule has 0 aromatic heterocycles. The maximum atomic E-state index is 13.9. The molecular weight excluding hydrogens is 993 g/mol. The van der Waals surface area contributed by atoms with Crippen molar-refractivity contribution in [2.24, 2.45) is 0 Å². The molecule has 450 valence electrons. The van der Waals surface area contributed by atoms with E-state index in [9.17, 15) is 29.1 Å². The number of alkyl carbamates (subject to hydrolysis) is 1. The van der Waals surface area contributed by atoms with Crippen molar-refractivity contribution in [1.82, 2.24) is 21.3 Å². The molecule has 2 rings (SSSR count). The molecule has 0 fully saturated rings. The van der Waals surface area contributed by atoms with Gasteiger partial charge in [0.05, 0.1) is 38.2 Å². The molecule has 0 radical (unpaired) electrons. The Labute approximate surface area is 479 Å². The van der Waals surface area contributed by atoms with Crippen LogP contribution in [0.3, 0.4) is 0 Å². The number of nitrogens with one attached hydrogen (secondary N) is 4. The summed E-state index contributed by atoms with van der Waals surface area (Å²) in [6, 6.07) is 18.1. The fourth-order valence-electron chi connectivity index (χ4n) is 9.98. The second-order valence-electron chi connectivity index (χ2n) is 22.2. The van der Waals surface area contributed by atoms with Crippen LogP contribution in [0.4, 0.5) is 4.79 Å². The smallest absolute Gasteiger partial charge is 0.407 e. The third-order valence-electron chi connectivity index (χ3n) is 14.9. The normalized spacial score (nSPS) is 12.8. The summed E-state index contributed by atoms with van der Waals surface area (Å²) >= 11 is 0. The quantitative estimate of drug-likeness (QED) is 0.0318. The number of esters is 1. The first-order chi connectivity index (χ1) is 38.7. The van der Waals surface area contributed by atoms with Crippen LogP contribution in [-0.2, 0) is 46.6 Å². The number of carbonyl (C=O) groups excluding carboxylic acids is 5. The van der Waals surface area contributed by atoms with E-state index in [1.165, 1.54) is 122 Å². The van der Waals surface area contributed by atoms with E-state index in [1.54, 1.807) is 0 Å². The Morgan fingerprint density at radius 3 is 1.43 bits per heavy atom. The lowest BCUT2D eigenvalue weighted by atomic mass is 10.0. The average molecular weight is 1110 g/mol. The molecule has 79 heavy (non-hydrogen) atoms. The first kappa shape index (κ1) is 70.6. The Morgan fingerprint density at radius 1 is 0.456 bits per heavy atom. The predicted octanol–water partition coefficient (Wildman–Crippen LogP) is 15.0. The highest BCUT2D eigenvalue weighted by molar-refractivity contribution is 5.87. The fraction of sp³-hybridized carbons (Fsp3) is 0.742. The molecule has 4 amide bonds. The Balaban J connectivity index is 2.01. The zero-order valence-electron chi connectivity index (χ0n) is 50.0. The minimum atomic E-state index is -0.865. The second-order valence-corrected chi connectivity index (χ2v) is 22.2. The highest BCUT2D eigenvalue weighted by Crippen LogP contribution is 2.19. The molecule has 13 nitrogen and oxygen atoms in total. The molecule has 0 spiro atoms. The van der Waals surface area contributed by atoms with Crippen molar-refractivity contribution in [3.8, 4) is 0 Å². The van der Waals surface area contributed by atoms with Gasteiger partial charge in [-0.05, 0) is 68.9 Å². The van der Waals surface area contributed by atoms with Crippen molar-refractivity contribution in [2.45, 2.75) is 296 Å². The van der Waals surface area contributed by atoms with Crippen molar-refractivity contribution in [3.63, 3.8) is 0 Å². The Hall–Kier alpha value is -4.49. The van der Waals surface area contributed by atoms with Gasteiger partial charge in [0, 0.05) is 19.5 Å².